The van der Waals surface area contributed by atoms with E-state index in [-0.39, 0.29) is 11.7 Å². The molecule has 0 aliphatic heterocycles. The zero-order valence-electron chi connectivity index (χ0n) is 9.45. The van der Waals surface area contributed by atoms with Gasteiger partial charge in [0.15, 0.2) is 0 Å². The van der Waals surface area contributed by atoms with Crippen LogP contribution in [0.5, 0.6) is 0 Å². The van der Waals surface area contributed by atoms with E-state index in [2.05, 4.69) is 26.4 Å². The van der Waals surface area contributed by atoms with Crippen molar-refractivity contribution in [1.29, 1.82) is 0 Å². The van der Waals surface area contributed by atoms with Crippen molar-refractivity contribution in [2.75, 3.05) is 5.32 Å². The molecule has 4 nitrogen and oxygen atoms in total. The van der Waals surface area contributed by atoms with Crippen LogP contribution in [-0.2, 0) is 0 Å². The predicted octanol–water partition coefficient (Wildman–Crippen LogP) is 3.31. The molecular formula is C12H11BrN2O2. The number of halogens is 1. The van der Waals surface area contributed by atoms with E-state index >= 15 is 0 Å². The number of carbonyl (C=O) groups is 1. The van der Waals surface area contributed by atoms with E-state index in [1.807, 2.05) is 25.1 Å². The Hall–Kier alpha value is -1.62. The quantitative estimate of drug-likeness (QED) is 0.924. The highest BCUT2D eigenvalue weighted by Crippen LogP contribution is 2.24. The van der Waals surface area contributed by atoms with Gasteiger partial charge in [0.05, 0.1) is 6.20 Å². The van der Waals surface area contributed by atoms with Gasteiger partial charge in [-0.1, -0.05) is 27.2 Å². The molecule has 0 saturated heterocycles. The molecule has 0 saturated carbocycles. The molecule has 1 aromatic heterocycles. The summed E-state index contributed by atoms with van der Waals surface area (Å²) < 4.78 is 5.84. The number of rotatable bonds is 2. The molecule has 5 heteroatoms. The van der Waals surface area contributed by atoms with Crippen molar-refractivity contribution in [3.8, 4) is 0 Å². The van der Waals surface area contributed by atoms with Crippen molar-refractivity contribution in [2.45, 2.75) is 13.8 Å². The maximum absolute atomic E-state index is 11.9. The molecule has 1 aromatic carbocycles. The normalized spacial score (nSPS) is 10.3. The summed E-state index contributed by atoms with van der Waals surface area (Å²) in [5.41, 5.74) is 2.44. The number of hydrogen-bond donors (Lipinski definition) is 1. The molecule has 88 valence electrons. The first-order chi connectivity index (χ1) is 8.09. The average Bonchev–Trinajstić information content (AvgIpc) is 2.71. The number of aryl methyl sites for hydroxylation is 1. The highest BCUT2D eigenvalue weighted by Gasteiger charge is 2.15. The number of nitrogens with one attached hydrogen (secondary N) is 1. The second-order valence-electron chi connectivity index (χ2n) is 3.70. The van der Waals surface area contributed by atoms with E-state index in [4.69, 9.17) is 4.52 Å². The van der Waals surface area contributed by atoms with Crippen LogP contribution in [-0.4, -0.2) is 11.1 Å². The third-order valence-electron chi connectivity index (χ3n) is 2.47. The minimum absolute atomic E-state index is 0.240. The molecule has 1 heterocycles. The molecule has 0 radical (unpaired) electrons. The number of amides is 1. The average molecular weight is 295 g/mol. The fraction of sp³-hybridized carbons (Fsp3) is 0.167. The Kier molecular flexibility index (Phi) is 3.28. The summed E-state index contributed by atoms with van der Waals surface area (Å²) in [5, 5.41) is 6.37. The lowest BCUT2D eigenvalue weighted by atomic mass is 10.2. The zero-order valence-corrected chi connectivity index (χ0v) is 11.0. The molecule has 0 atom stereocenters. The van der Waals surface area contributed by atoms with Gasteiger partial charge in [0.1, 0.15) is 0 Å². The van der Waals surface area contributed by atoms with Crippen molar-refractivity contribution >= 4 is 27.5 Å². The van der Waals surface area contributed by atoms with Gasteiger partial charge in [-0.3, -0.25) is 4.79 Å². The predicted molar refractivity (Wildman–Crippen MR) is 68.1 cm³/mol. The standard InChI is InChI=1S/C12H11BrN2O2/c1-7-6-14-17-11(7)12(16)15-10-5-3-4-9(13)8(10)2/h3-6H,1-2H3,(H,15,16). The van der Waals surface area contributed by atoms with Crippen LogP contribution in [0.4, 0.5) is 5.69 Å². The van der Waals surface area contributed by atoms with Crippen molar-refractivity contribution in [2.24, 2.45) is 0 Å². The molecule has 0 bridgehead atoms. The lowest BCUT2D eigenvalue weighted by Crippen LogP contribution is -2.13. The summed E-state index contributed by atoms with van der Waals surface area (Å²) in [6.07, 6.45) is 1.52. The van der Waals surface area contributed by atoms with Crippen LogP contribution < -0.4 is 5.32 Å². The second kappa shape index (κ2) is 4.71. The van der Waals surface area contributed by atoms with E-state index in [9.17, 15) is 4.79 Å². The van der Waals surface area contributed by atoms with E-state index < -0.39 is 0 Å². The Labute approximate surface area is 107 Å². The number of nitrogens with zero attached hydrogens (tertiary/aromatic N) is 1. The van der Waals surface area contributed by atoms with Crippen LogP contribution in [0.2, 0.25) is 0 Å². The van der Waals surface area contributed by atoms with Gasteiger partial charge >= 0.3 is 0 Å². The van der Waals surface area contributed by atoms with Gasteiger partial charge in [-0.25, -0.2) is 0 Å². The van der Waals surface area contributed by atoms with Gasteiger partial charge < -0.3 is 9.84 Å². The molecule has 1 N–H and O–H groups in total. The first-order valence-corrected chi connectivity index (χ1v) is 5.86. The topological polar surface area (TPSA) is 55.1 Å². The van der Waals surface area contributed by atoms with Gasteiger partial charge in [0, 0.05) is 15.7 Å². The van der Waals surface area contributed by atoms with Crippen LogP contribution in [0.15, 0.2) is 33.4 Å². The molecular weight excluding hydrogens is 284 g/mol. The van der Waals surface area contributed by atoms with Gasteiger partial charge in [-0.15, -0.1) is 0 Å². The third kappa shape index (κ3) is 2.39. The maximum Gasteiger partial charge on any atom is 0.294 e. The van der Waals surface area contributed by atoms with Gasteiger partial charge in [0.25, 0.3) is 5.91 Å². The van der Waals surface area contributed by atoms with Gasteiger partial charge in [0.2, 0.25) is 5.76 Å². The second-order valence-corrected chi connectivity index (χ2v) is 4.56. The fourth-order valence-corrected chi connectivity index (χ4v) is 1.80. The zero-order chi connectivity index (χ0) is 12.4. The summed E-state index contributed by atoms with van der Waals surface area (Å²) in [6.45, 7) is 3.70. The van der Waals surface area contributed by atoms with Crippen LogP contribution in [0.25, 0.3) is 0 Å². The Morgan fingerprint density at radius 3 is 2.82 bits per heavy atom. The fourth-order valence-electron chi connectivity index (χ4n) is 1.43. The molecule has 0 aliphatic rings. The number of aromatic nitrogens is 1. The Morgan fingerprint density at radius 1 is 1.41 bits per heavy atom. The minimum atomic E-state index is -0.291. The summed E-state index contributed by atoms with van der Waals surface area (Å²) in [5.74, 6) is -0.0504. The van der Waals surface area contributed by atoms with Crippen LogP contribution >= 0.6 is 15.9 Å². The van der Waals surface area contributed by atoms with Crippen LogP contribution in [0.1, 0.15) is 21.7 Å². The smallest absolute Gasteiger partial charge is 0.294 e. The van der Waals surface area contributed by atoms with Gasteiger partial charge in [-0.2, -0.15) is 0 Å². The highest BCUT2D eigenvalue weighted by molar-refractivity contribution is 9.10. The third-order valence-corrected chi connectivity index (χ3v) is 3.33. The Bertz CT molecular complexity index is 563. The Morgan fingerprint density at radius 2 is 2.18 bits per heavy atom. The van der Waals surface area contributed by atoms with Crippen molar-refractivity contribution in [3.05, 3.63) is 45.8 Å². The summed E-state index contributed by atoms with van der Waals surface area (Å²) in [6, 6.07) is 5.62. The van der Waals surface area contributed by atoms with Gasteiger partial charge in [-0.05, 0) is 31.5 Å². The lowest BCUT2D eigenvalue weighted by Gasteiger charge is -2.08. The van der Waals surface area contributed by atoms with E-state index in [1.54, 1.807) is 6.92 Å². The van der Waals surface area contributed by atoms with E-state index in [0.717, 1.165) is 21.3 Å². The molecule has 0 aliphatic carbocycles. The largest absolute Gasteiger partial charge is 0.351 e. The molecule has 0 unspecified atom stereocenters. The molecule has 1 amide bonds. The maximum atomic E-state index is 11.9. The number of hydrogen-bond acceptors (Lipinski definition) is 3. The van der Waals surface area contributed by atoms with E-state index in [0.29, 0.717) is 0 Å². The molecule has 2 aromatic rings. The summed E-state index contributed by atoms with van der Waals surface area (Å²) in [7, 11) is 0. The number of benzene rings is 1. The number of anilines is 1. The molecule has 2 rings (SSSR count). The summed E-state index contributed by atoms with van der Waals surface area (Å²) >= 11 is 3.41. The molecule has 0 spiro atoms. The molecule has 0 fully saturated rings. The van der Waals surface area contributed by atoms with Crippen molar-refractivity contribution in [3.63, 3.8) is 0 Å². The first kappa shape index (κ1) is 11.9. The van der Waals surface area contributed by atoms with Crippen LogP contribution in [0.3, 0.4) is 0 Å². The highest BCUT2D eigenvalue weighted by atomic mass is 79.9. The number of carbonyl (C=O) groups excluding carboxylic acids is 1. The first-order valence-electron chi connectivity index (χ1n) is 5.07. The van der Waals surface area contributed by atoms with Crippen molar-refractivity contribution < 1.29 is 9.32 Å². The SMILES string of the molecule is Cc1cnoc1C(=O)Nc1cccc(Br)c1C. The lowest BCUT2D eigenvalue weighted by molar-refractivity contribution is 0.0987. The van der Waals surface area contributed by atoms with E-state index in [1.165, 1.54) is 6.20 Å². The van der Waals surface area contributed by atoms with Crippen molar-refractivity contribution in [1.82, 2.24) is 5.16 Å². The minimum Gasteiger partial charge on any atom is -0.351 e. The van der Waals surface area contributed by atoms with Crippen LogP contribution in [0, 0.1) is 13.8 Å². The Balaban J connectivity index is 2.25. The monoisotopic (exact) mass is 294 g/mol. The summed E-state index contributed by atoms with van der Waals surface area (Å²) in [4.78, 5) is 11.9. The molecule has 17 heavy (non-hydrogen) atoms.